The predicted octanol–water partition coefficient (Wildman–Crippen LogP) is 4.12. The van der Waals surface area contributed by atoms with Gasteiger partial charge in [0.15, 0.2) is 0 Å². The summed E-state index contributed by atoms with van der Waals surface area (Å²) in [5, 5.41) is 7.52. The molecule has 2 heterocycles. The first-order valence-corrected chi connectivity index (χ1v) is 10.6. The SMILES string of the molecule is CC(C)C[C@H]1C(=O)N[C@@H](c2ccccc2)CN1C(=O)c1noc(-c2ccc(Cl)cc2)n1. The number of hydrogen-bond acceptors (Lipinski definition) is 5. The number of nitrogens with zero attached hydrogens (tertiary/aromatic N) is 3. The highest BCUT2D eigenvalue weighted by atomic mass is 35.5. The molecule has 2 amide bonds. The van der Waals surface area contributed by atoms with Gasteiger partial charge in [-0.3, -0.25) is 9.59 Å². The minimum absolute atomic E-state index is 0.0692. The zero-order valence-corrected chi connectivity index (χ0v) is 18.0. The minimum Gasteiger partial charge on any atom is -0.346 e. The maximum atomic E-state index is 13.4. The normalized spacial score (nSPS) is 18.8. The van der Waals surface area contributed by atoms with E-state index in [2.05, 4.69) is 15.5 Å². The molecule has 4 rings (SSSR count). The highest BCUT2D eigenvalue weighted by molar-refractivity contribution is 6.30. The third-order valence-electron chi connectivity index (χ3n) is 5.24. The van der Waals surface area contributed by atoms with E-state index in [-0.39, 0.29) is 29.6 Å². The van der Waals surface area contributed by atoms with E-state index in [9.17, 15) is 9.59 Å². The molecule has 0 spiro atoms. The Labute approximate surface area is 185 Å². The molecule has 1 aliphatic heterocycles. The number of carbonyl (C=O) groups excluding carboxylic acids is 2. The summed E-state index contributed by atoms with van der Waals surface area (Å²) in [6.45, 7) is 4.37. The second-order valence-electron chi connectivity index (χ2n) is 8.00. The number of amides is 2. The predicted molar refractivity (Wildman–Crippen MR) is 116 cm³/mol. The van der Waals surface area contributed by atoms with Crippen LogP contribution in [-0.2, 0) is 4.79 Å². The Morgan fingerprint density at radius 1 is 1.19 bits per heavy atom. The van der Waals surface area contributed by atoms with Gasteiger partial charge in [0.1, 0.15) is 6.04 Å². The molecule has 3 aromatic rings. The lowest BCUT2D eigenvalue weighted by molar-refractivity contribution is -0.130. The molecule has 7 nitrogen and oxygen atoms in total. The van der Waals surface area contributed by atoms with Crippen LogP contribution in [0.25, 0.3) is 11.5 Å². The summed E-state index contributed by atoms with van der Waals surface area (Å²) in [5.41, 5.74) is 1.60. The highest BCUT2D eigenvalue weighted by Gasteiger charge is 2.39. The molecule has 8 heteroatoms. The third kappa shape index (κ3) is 4.61. The summed E-state index contributed by atoms with van der Waals surface area (Å²) in [6.07, 6.45) is 0.543. The molecule has 0 bridgehead atoms. The van der Waals surface area contributed by atoms with Gasteiger partial charge in [0.25, 0.3) is 17.6 Å². The first kappa shape index (κ1) is 21.1. The van der Waals surface area contributed by atoms with Gasteiger partial charge in [0, 0.05) is 17.1 Å². The molecule has 1 aromatic heterocycles. The number of halogens is 1. The van der Waals surface area contributed by atoms with Crippen LogP contribution in [0.15, 0.2) is 59.1 Å². The van der Waals surface area contributed by atoms with Crippen LogP contribution in [0.2, 0.25) is 5.02 Å². The van der Waals surface area contributed by atoms with Crippen molar-refractivity contribution in [1.29, 1.82) is 0 Å². The van der Waals surface area contributed by atoms with Gasteiger partial charge in [0.05, 0.1) is 6.04 Å². The van der Waals surface area contributed by atoms with Gasteiger partial charge in [-0.25, -0.2) is 0 Å². The fraction of sp³-hybridized carbons (Fsp3) is 0.304. The van der Waals surface area contributed by atoms with Crippen molar-refractivity contribution in [2.45, 2.75) is 32.4 Å². The fourth-order valence-electron chi connectivity index (χ4n) is 3.71. The molecule has 1 fully saturated rings. The Bertz CT molecular complexity index is 1070. The zero-order chi connectivity index (χ0) is 22.0. The van der Waals surface area contributed by atoms with Gasteiger partial charge in [-0.2, -0.15) is 4.98 Å². The van der Waals surface area contributed by atoms with Crippen molar-refractivity contribution in [1.82, 2.24) is 20.4 Å². The molecule has 0 radical (unpaired) electrons. The van der Waals surface area contributed by atoms with Crippen molar-refractivity contribution >= 4 is 23.4 Å². The highest BCUT2D eigenvalue weighted by Crippen LogP contribution is 2.26. The van der Waals surface area contributed by atoms with Crippen LogP contribution < -0.4 is 5.32 Å². The first-order valence-electron chi connectivity index (χ1n) is 10.2. The summed E-state index contributed by atoms with van der Waals surface area (Å²) in [4.78, 5) is 32.1. The van der Waals surface area contributed by atoms with E-state index in [0.29, 0.717) is 23.6 Å². The molecule has 1 N–H and O–H groups in total. The van der Waals surface area contributed by atoms with E-state index in [1.54, 1.807) is 29.2 Å². The summed E-state index contributed by atoms with van der Waals surface area (Å²) in [6, 6.07) is 15.6. The van der Waals surface area contributed by atoms with Gasteiger partial charge in [-0.1, -0.05) is 60.9 Å². The number of benzene rings is 2. The number of piperazine rings is 1. The lowest BCUT2D eigenvalue weighted by Crippen LogP contribution is -2.58. The zero-order valence-electron chi connectivity index (χ0n) is 17.3. The average molecular weight is 439 g/mol. The van der Waals surface area contributed by atoms with Crippen LogP contribution >= 0.6 is 11.6 Å². The monoisotopic (exact) mass is 438 g/mol. The van der Waals surface area contributed by atoms with Crippen molar-refractivity contribution in [2.24, 2.45) is 5.92 Å². The summed E-state index contributed by atoms with van der Waals surface area (Å²) in [7, 11) is 0. The van der Waals surface area contributed by atoms with E-state index in [1.165, 1.54) is 0 Å². The molecule has 2 atom stereocenters. The minimum atomic E-state index is -0.593. The van der Waals surface area contributed by atoms with Crippen LogP contribution in [0, 0.1) is 5.92 Å². The summed E-state index contributed by atoms with van der Waals surface area (Å²) in [5.74, 6) is -0.218. The van der Waals surface area contributed by atoms with Gasteiger partial charge in [-0.15, -0.1) is 0 Å². The van der Waals surface area contributed by atoms with Crippen LogP contribution in [0.4, 0.5) is 0 Å². The maximum absolute atomic E-state index is 13.4. The molecular formula is C23H23ClN4O3. The molecular weight excluding hydrogens is 416 g/mol. The molecule has 160 valence electrons. The molecule has 31 heavy (non-hydrogen) atoms. The molecule has 0 saturated carbocycles. The first-order chi connectivity index (χ1) is 14.9. The van der Waals surface area contributed by atoms with Crippen molar-refractivity contribution in [3.8, 4) is 11.5 Å². The molecule has 0 aliphatic carbocycles. The Kier molecular flexibility index (Phi) is 6.04. The van der Waals surface area contributed by atoms with Gasteiger partial charge < -0.3 is 14.7 Å². The van der Waals surface area contributed by atoms with E-state index < -0.39 is 11.9 Å². The van der Waals surface area contributed by atoms with Crippen molar-refractivity contribution in [3.63, 3.8) is 0 Å². The van der Waals surface area contributed by atoms with E-state index >= 15 is 0 Å². The number of carbonyl (C=O) groups is 2. The average Bonchev–Trinajstić information content (AvgIpc) is 3.25. The quantitative estimate of drug-likeness (QED) is 0.647. The Morgan fingerprint density at radius 3 is 2.58 bits per heavy atom. The lowest BCUT2D eigenvalue weighted by atomic mass is 9.95. The van der Waals surface area contributed by atoms with Gasteiger partial charge in [-0.05, 0) is 42.2 Å². The largest absolute Gasteiger partial charge is 0.346 e. The van der Waals surface area contributed by atoms with Crippen molar-refractivity contribution in [2.75, 3.05) is 6.54 Å². The fourth-order valence-corrected chi connectivity index (χ4v) is 3.83. The Hall–Kier alpha value is -3.19. The van der Waals surface area contributed by atoms with E-state index in [1.807, 2.05) is 44.2 Å². The van der Waals surface area contributed by atoms with E-state index in [4.69, 9.17) is 16.1 Å². The second kappa shape index (κ2) is 8.89. The number of hydrogen-bond donors (Lipinski definition) is 1. The smallest absolute Gasteiger partial charge is 0.296 e. The molecule has 2 aromatic carbocycles. The lowest BCUT2D eigenvalue weighted by Gasteiger charge is -2.39. The van der Waals surface area contributed by atoms with Crippen LogP contribution in [0.1, 0.15) is 42.5 Å². The summed E-state index contributed by atoms with van der Waals surface area (Å²) >= 11 is 5.93. The van der Waals surface area contributed by atoms with Crippen LogP contribution in [0.5, 0.6) is 0 Å². The number of rotatable bonds is 5. The number of nitrogens with one attached hydrogen (secondary N) is 1. The number of aromatic nitrogens is 2. The molecule has 0 unspecified atom stereocenters. The molecule has 1 aliphatic rings. The maximum Gasteiger partial charge on any atom is 0.296 e. The summed E-state index contributed by atoms with van der Waals surface area (Å²) < 4.78 is 5.30. The van der Waals surface area contributed by atoms with Gasteiger partial charge in [0.2, 0.25) is 5.91 Å². The van der Waals surface area contributed by atoms with Crippen LogP contribution in [0.3, 0.4) is 0 Å². The third-order valence-corrected chi connectivity index (χ3v) is 5.49. The van der Waals surface area contributed by atoms with Crippen molar-refractivity contribution in [3.05, 3.63) is 71.0 Å². The van der Waals surface area contributed by atoms with Crippen molar-refractivity contribution < 1.29 is 14.1 Å². The topological polar surface area (TPSA) is 88.3 Å². The van der Waals surface area contributed by atoms with Crippen LogP contribution in [-0.4, -0.2) is 39.4 Å². The van der Waals surface area contributed by atoms with E-state index in [0.717, 1.165) is 5.56 Å². The Morgan fingerprint density at radius 2 is 1.90 bits per heavy atom. The second-order valence-corrected chi connectivity index (χ2v) is 8.44. The van der Waals surface area contributed by atoms with Gasteiger partial charge >= 0.3 is 0 Å². The Balaban J connectivity index is 1.62. The molecule has 1 saturated heterocycles. The standard InChI is InChI=1S/C23H23ClN4O3/c1-14(2)12-19-21(29)25-18(15-6-4-3-5-7-15)13-28(19)23(30)20-26-22(31-27-20)16-8-10-17(24)11-9-16/h3-11,14,18-19H,12-13H2,1-2H3,(H,25,29)/t18-,19+/m1/s1.